The van der Waals surface area contributed by atoms with E-state index in [0.29, 0.717) is 25.7 Å². The fourth-order valence-electron chi connectivity index (χ4n) is 7.44. The first-order valence-electron chi connectivity index (χ1n) is 10.2. The standard InChI is InChI=1S/C22H30O6/c1-10-17-12(28-11(2)23)8-14-21(5)7-6-15(24)20(3,4)13(21)9-16(25)22(14,18(10)26)19(17)27/h12-14,16-17,19,25,27H,1,6-9H2,2-5H3. The molecular formula is C22H30O6. The number of carbonyl (C=O) groups is 3. The van der Waals surface area contributed by atoms with Gasteiger partial charge in [0.05, 0.1) is 23.5 Å². The zero-order valence-corrected chi connectivity index (χ0v) is 17.0. The summed E-state index contributed by atoms with van der Waals surface area (Å²) < 4.78 is 5.53. The molecule has 154 valence electrons. The Bertz CT molecular complexity index is 784. The smallest absolute Gasteiger partial charge is 0.302 e. The number of Topliss-reactive ketones (excluding diaryl/α,β-unsaturated/α-hetero) is 2. The molecule has 4 aliphatic carbocycles. The molecule has 4 saturated carbocycles. The highest BCUT2D eigenvalue weighted by molar-refractivity contribution is 6.05. The van der Waals surface area contributed by atoms with Gasteiger partial charge >= 0.3 is 5.97 Å². The van der Waals surface area contributed by atoms with Crippen molar-refractivity contribution in [3.63, 3.8) is 0 Å². The zero-order chi connectivity index (χ0) is 20.8. The molecule has 0 amide bonds. The summed E-state index contributed by atoms with van der Waals surface area (Å²) in [5.41, 5.74) is -2.12. The van der Waals surface area contributed by atoms with Crippen LogP contribution in [0, 0.1) is 34.0 Å². The molecule has 0 radical (unpaired) electrons. The molecule has 6 heteroatoms. The summed E-state index contributed by atoms with van der Waals surface area (Å²) in [6, 6.07) is 0. The van der Waals surface area contributed by atoms with E-state index in [2.05, 4.69) is 13.5 Å². The van der Waals surface area contributed by atoms with Crippen LogP contribution in [0.2, 0.25) is 0 Å². The Kier molecular flexibility index (Phi) is 4.07. The number of esters is 1. The molecule has 0 aromatic carbocycles. The van der Waals surface area contributed by atoms with Crippen LogP contribution in [-0.4, -0.2) is 46.1 Å². The number of carbonyl (C=O) groups excluding carboxylic acids is 3. The van der Waals surface area contributed by atoms with Gasteiger partial charge in [0.1, 0.15) is 11.9 Å². The van der Waals surface area contributed by atoms with Crippen molar-refractivity contribution in [2.45, 2.75) is 71.7 Å². The lowest BCUT2D eigenvalue weighted by atomic mass is 9.39. The van der Waals surface area contributed by atoms with Crippen LogP contribution in [0.1, 0.15) is 53.4 Å². The van der Waals surface area contributed by atoms with Gasteiger partial charge < -0.3 is 14.9 Å². The maximum atomic E-state index is 13.4. The predicted octanol–water partition coefficient (Wildman–Crippen LogP) is 1.82. The van der Waals surface area contributed by atoms with Gasteiger partial charge in [-0.25, -0.2) is 0 Å². The van der Waals surface area contributed by atoms with Crippen molar-refractivity contribution in [1.82, 2.24) is 0 Å². The van der Waals surface area contributed by atoms with Gasteiger partial charge in [-0.1, -0.05) is 27.4 Å². The number of hydrogen-bond donors (Lipinski definition) is 2. The van der Waals surface area contributed by atoms with E-state index in [1.165, 1.54) is 6.92 Å². The maximum Gasteiger partial charge on any atom is 0.302 e. The highest BCUT2D eigenvalue weighted by atomic mass is 16.5. The molecule has 0 saturated heterocycles. The quantitative estimate of drug-likeness (QED) is 0.523. The van der Waals surface area contributed by atoms with Gasteiger partial charge in [0, 0.05) is 18.8 Å². The van der Waals surface area contributed by atoms with Gasteiger partial charge in [-0.3, -0.25) is 14.4 Å². The molecule has 8 unspecified atom stereocenters. The Morgan fingerprint density at radius 3 is 2.39 bits per heavy atom. The first-order chi connectivity index (χ1) is 12.9. The third-order valence-electron chi connectivity index (χ3n) is 8.76. The van der Waals surface area contributed by atoms with Crippen LogP contribution >= 0.6 is 0 Å². The Balaban J connectivity index is 1.88. The van der Waals surface area contributed by atoms with Crippen molar-refractivity contribution in [3.05, 3.63) is 12.2 Å². The van der Waals surface area contributed by atoms with Crippen LogP contribution < -0.4 is 0 Å². The topological polar surface area (TPSA) is 101 Å². The van der Waals surface area contributed by atoms with E-state index in [1.807, 2.05) is 13.8 Å². The van der Waals surface area contributed by atoms with Gasteiger partial charge in [-0.15, -0.1) is 0 Å². The highest BCUT2D eigenvalue weighted by Crippen LogP contribution is 2.70. The van der Waals surface area contributed by atoms with Crippen molar-refractivity contribution in [1.29, 1.82) is 0 Å². The zero-order valence-electron chi connectivity index (χ0n) is 17.0. The summed E-state index contributed by atoms with van der Waals surface area (Å²) in [5.74, 6) is -1.77. The number of ketones is 2. The van der Waals surface area contributed by atoms with Gasteiger partial charge in [0.25, 0.3) is 0 Å². The molecule has 4 aliphatic rings. The van der Waals surface area contributed by atoms with Crippen molar-refractivity contribution in [2.75, 3.05) is 0 Å². The van der Waals surface area contributed by atoms with E-state index in [0.717, 1.165) is 0 Å². The second kappa shape index (κ2) is 5.76. The van der Waals surface area contributed by atoms with E-state index in [4.69, 9.17) is 4.74 Å². The van der Waals surface area contributed by atoms with Crippen LogP contribution in [0.5, 0.6) is 0 Å². The molecule has 6 nitrogen and oxygen atoms in total. The first-order valence-corrected chi connectivity index (χ1v) is 10.2. The lowest BCUT2D eigenvalue weighted by Gasteiger charge is -2.65. The number of rotatable bonds is 1. The first kappa shape index (κ1) is 19.8. The summed E-state index contributed by atoms with van der Waals surface area (Å²) in [6.07, 6.45) is -1.13. The second-order valence-corrected chi connectivity index (χ2v) is 10.1. The van der Waals surface area contributed by atoms with E-state index < -0.39 is 46.4 Å². The van der Waals surface area contributed by atoms with Crippen molar-refractivity contribution in [3.8, 4) is 0 Å². The SMILES string of the molecule is C=C1C(=O)C23C(O)CC4C(C)(C)C(=O)CCC4(C)C2CC(OC(C)=O)C1C3O. The fraction of sp³-hybridized carbons (Fsp3) is 0.773. The molecule has 0 aromatic heterocycles. The third kappa shape index (κ3) is 2.08. The number of fused-ring (bicyclic) bond motifs is 3. The minimum absolute atomic E-state index is 0.115. The van der Waals surface area contributed by atoms with Crippen LogP contribution in [-0.2, 0) is 19.1 Å². The number of aliphatic hydroxyl groups excluding tert-OH is 2. The van der Waals surface area contributed by atoms with Gasteiger partial charge in [-0.05, 0) is 42.1 Å². The van der Waals surface area contributed by atoms with Crippen molar-refractivity contribution < 1.29 is 29.3 Å². The van der Waals surface area contributed by atoms with E-state index in [1.54, 1.807) is 0 Å². The summed E-state index contributed by atoms with van der Waals surface area (Å²) in [6.45, 7) is 11.1. The minimum Gasteiger partial charge on any atom is -0.462 e. The normalized spacial score (nSPS) is 49.4. The average molecular weight is 390 g/mol. The molecule has 0 aromatic rings. The van der Waals surface area contributed by atoms with Crippen LogP contribution in [0.3, 0.4) is 0 Å². The van der Waals surface area contributed by atoms with Crippen LogP contribution in [0.15, 0.2) is 12.2 Å². The fourth-order valence-corrected chi connectivity index (χ4v) is 7.44. The van der Waals surface area contributed by atoms with Gasteiger partial charge in [0.15, 0.2) is 5.78 Å². The molecule has 2 N–H and O–H groups in total. The second-order valence-electron chi connectivity index (χ2n) is 10.1. The molecule has 4 fully saturated rings. The summed E-state index contributed by atoms with van der Waals surface area (Å²) in [4.78, 5) is 37.8. The maximum absolute atomic E-state index is 13.4. The lowest BCUT2D eigenvalue weighted by molar-refractivity contribution is -0.237. The highest BCUT2D eigenvalue weighted by Gasteiger charge is 2.76. The minimum atomic E-state index is -1.32. The molecule has 0 heterocycles. The summed E-state index contributed by atoms with van der Waals surface area (Å²) in [5, 5.41) is 22.5. The average Bonchev–Trinajstić information content (AvgIpc) is 2.72. The number of ether oxygens (including phenoxy) is 1. The van der Waals surface area contributed by atoms with Crippen molar-refractivity contribution in [2.24, 2.45) is 34.0 Å². The third-order valence-corrected chi connectivity index (χ3v) is 8.76. The Labute approximate surface area is 165 Å². The largest absolute Gasteiger partial charge is 0.462 e. The Morgan fingerprint density at radius 1 is 1.14 bits per heavy atom. The Hall–Kier alpha value is -1.53. The monoisotopic (exact) mass is 390 g/mol. The molecule has 0 aliphatic heterocycles. The number of aliphatic hydroxyl groups is 2. The molecule has 2 bridgehead atoms. The molecule has 28 heavy (non-hydrogen) atoms. The van der Waals surface area contributed by atoms with Crippen LogP contribution in [0.25, 0.3) is 0 Å². The Morgan fingerprint density at radius 2 is 1.79 bits per heavy atom. The molecule has 4 rings (SSSR count). The molecule has 8 atom stereocenters. The van der Waals surface area contributed by atoms with E-state index in [-0.39, 0.29) is 29.0 Å². The van der Waals surface area contributed by atoms with Gasteiger partial charge in [0.2, 0.25) is 0 Å². The summed E-state index contributed by atoms with van der Waals surface area (Å²) in [7, 11) is 0. The van der Waals surface area contributed by atoms with Gasteiger partial charge in [-0.2, -0.15) is 0 Å². The number of hydrogen-bond acceptors (Lipinski definition) is 6. The van der Waals surface area contributed by atoms with Crippen molar-refractivity contribution >= 4 is 17.5 Å². The van der Waals surface area contributed by atoms with E-state index in [9.17, 15) is 24.6 Å². The molecule has 1 spiro atoms. The molecular weight excluding hydrogens is 360 g/mol. The van der Waals surface area contributed by atoms with E-state index >= 15 is 0 Å². The summed E-state index contributed by atoms with van der Waals surface area (Å²) >= 11 is 0. The van der Waals surface area contributed by atoms with Crippen LogP contribution in [0.4, 0.5) is 0 Å². The lowest BCUT2D eigenvalue weighted by Crippen LogP contribution is -2.69. The predicted molar refractivity (Wildman–Crippen MR) is 100.0 cm³/mol.